The van der Waals surface area contributed by atoms with E-state index in [1.807, 2.05) is 36.5 Å². The molecule has 5 heteroatoms. The molecule has 21 heavy (non-hydrogen) atoms. The van der Waals surface area contributed by atoms with Gasteiger partial charge in [0.2, 0.25) is 0 Å². The van der Waals surface area contributed by atoms with Gasteiger partial charge < -0.3 is 5.32 Å². The summed E-state index contributed by atoms with van der Waals surface area (Å²) in [6, 6.07) is 14.6. The summed E-state index contributed by atoms with van der Waals surface area (Å²) in [4.78, 5) is 0. The molecule has 0 aliphatic carbocycles. The number of anilines is 1. The summed E-state index contributed by atoms with van der Waals surface area (Å²) >= 11 is 3.37. The summed E-state index contributed by atoms with van der Waals surface area (Å²) in [5.74, 6) is -0.244. The molecule has 2 aromatic carbocycles. The van der Waals surface area contributed by atoms with Gasteiger partial charge in [-0.3, -0.25) is 0 Å². The highest BCUT2D eigenvalue weighted by Crippen LogP contribution is 2.20. The van der Waals surface area contributed by atoms with E-state index >= 15 is 0 Å². The minimum atomic E-state index is -0.244. The largest absolute Gasteiger partial charge is 0.381 e. The second-order valence-electron chi connectivity index (χ2n) is 4.59. The Hall–Kier alpha value is -2.14. The van der Waals surface area contributed by atoms with E-state index in [0.717, 1.165) is 21.4 Å². The first kappa shape index (κ1) is 13.8. The maximum Gasteiger partial charge on any atom is 0.124 e. The molecule has 0 spiro atoms. The van der Waals surface area contributed by atoms with Crippen LogP contribution in [0.3, 0.4) is 0 Å². The predicted octanol–water partition coefficient (Wildman–Crippen LogP) is 4.39. The molecule has 0 saturated carbocycles. The lowest BCUT2D eigenvalue weighted by atomic mass is 10.2. The quantitative estimate of drug-likeness (QED) is 0.760. The Morgan fingerprint density at radius 2 is 2.05 bits per heavy atom. The van der Waals surface area contributed by atoms with Crippen LogP contribution in [0.1, 0.15) is 5.56 Å². The summed E-state index contributed by atoms with van der Waals surface area (Å²) in [5, 5.41) is 7.54. The average molecular weight is 346 g/mol. The fourth-order valence-electron chi connectivity index (χ4n) is 2.04. The molecule has 0 unspecified atom stereocenters. The molecule has 0 radical (unpaired) electrons. The van der Waals surface area contributed by atoms with Gasteiger partial charge in [-0.2, -0.15) is 5.10 Å². The Kier molecular flexibility index (Phi) is 4.01. The SMILES string of the molecule is Fc1ccc(CNc2cccc(-n3cccn3)c2)c(Br)c1. The molecule has 1 aromatic heterocycles. The van der Waals surface area contributed by atoms with Gasteiger partial charge in [0, 0.05) is 29.1 Å². The molecule has 3 nitrogen and oxygen atoms in total. The molecule has 3 rings (SSSR count). The smallest absolute Gasteiger partial charge is 0.124 e. The first-order valence-corrected chi connectivity index (χ1v) is 7.29. The third kappa shape index (κ3) is 3.31. The number of hydrogen-bond acceptors (Lipinski definition) is 2. The average Bonchev–Trinajstić information content (AvgIpc) is 3.01. The van der Waals surface area contributed by atoms with E-state index in [0.29, 0.717) is 6.54 Å². The van der Waals surface area contributed by atoms with Crippen molar-refractivity contribution in [1.29, 1.82) is 0 Å². The fraction of sp³-hybridized carbons (Fsp3) is 0.0625. The number of benzene rings is 2. The van der Waals surface area contributed by atoms with E-state index < -0.39 is 0 Å². The van der Waals surface area contributed by atoms with Gasteiger partial charge in [-0.1, -0.05) is 28.1 Å². The first-order valence-electron chi connectivity index (χ1n) is 6.50. The summed E-state index contributed by atoms with van der Waals surface area (Å²) in [6.07, 6.45) is 3.64. The minimum absolute atomic E-state index is 0.244. The molecular weight excluding hydrogens is 333 g/mol. The van der Waals surface area contributed by atoms with Gasteiger partial charge in [0.15, 0.2) is 0 Å². The summed E-state index contributed by atoms with van der Waals surface area (Å²) in [7, 11) is 0. The predicted molar refractivity (Wildman–Crippen MR) is 85.0 cm³/mol. The van der Waals surface area contributed by atoms with Crippen LogP contribution in [0.5, 0.6) is 0 Å². The van der Waals surface area contributed by atoms with Crippen molar-refractivity contribution in [3.05, 3.63) is 76.8 Å². The van der Waals surface area contributed by atoms with Crippen molar-refractivity contribution in [2.45, 2.75) is 6.54 Å². The van der Waals surface area contributed by atoms with Crippen molar-refractivity contribution < 1.29 is 4.39 Å². The second-order valence-corrected chi connectivity index (χ2v) is 5.44. The molecule has 0 aliphatic heterocycles. The Labute approximate surface area is 130 Å². The van der Waals surface area contributed by atoms with Crippen LogP contribution in [-0.2, 0) is 6.54 Å². The molecule has 1 N–H and O–H groups in total. The highest BCUT2D eigenvalue weighted by molar-refractivity contribution is 9.10. The van der Waals surface area contributed by atoms with E-state index in [9.17, 15) is 4.39 Å². The monoisotopic (exact) mass is 345 g/mol. The minimum Gasteiger partial charge on any atom is -0.381 e. The molecule has 0 fully saturated rings. The molecule has 0 saturated heterocycles. The van der Waals surface area contributed by atoms with Crippen LogP contribution in [0, 0.1) is 5.82 Å². The number of halogens is 2. The number of aromatic nitrogens is 2. The zero-order valence-corrected chi connectivity index (χ0v) is 12.7. The number of nitrogens with one attached hydrogen (secondary N) is 1. The standard InChI is InChI=1S/C16H13BrFN3/c17-16-9-13(18)6-5-12(16)11-19-14-3-1-4-15(10-14)21-8-2-7-20-21/h1-10,19H,11H2. The second kappa shape index (κ2) is 6.10. The maximum atomic E-state index is 13.1. The molecular formula is C16H13BrFN3. The van der Waals surface area contributed by atoms with E-state index in [1.54, 1.807) is 16.9 Å². The molecule has 0 bridgehead atoms. The molecule has 0 amide bonds. The maximum absolute atomic E-state index is 13.1. The van der Waals surface area contributed by atoms with E-state index in [2.05, 4.69) is 26.3 Å². The Balaban J connectivity index is 1.75. The number of hydrogen-bond donors (Lipinski definition) is 1. The lowest BCUT2D eigenvalue weighted by molar-refractivity contribution is 0.626. The zero-order valence-electron chi connectivity index (χ0n) is 11.1. The Bertz CT molecular complexity index is 741. The van der Waals surface area contributed by atoms with Gasteiger partial charge in [-0.05, 0) is 42.0 Å². The third-order valence-corrected chi connectivity index (χ3v) is 3.85. The highest BCUT2D eigenvalue weighted by Gasteiger charge is 2.03. The Morgan fingerprint density at radius 3 is 2.81 bits per heavy atom. The van der Waals surface area contributed by atoms with E-state index in [4.69, 9.17) is 0 Å². The van der Waals surface area contributed by atoms with Crippen molar-refractivity contribution in [2.24, 2.45) is 0 Å². The van der Waals surface area contributed by atoms with Crippen LogP contribution in [0.4, 0.5) is 10.1 Å². The fourth-order valence-corrected chi connectivity index (χ4v) is 2.53. The van der Waals surface area contributed by atoms with Crippen LogP contribution < -0.4 is 5.32 Å². The summed E-state index contributed by atoms with van der Waals surface area (Å²) in [5.41, 5.74) is 2.98. The van der Waals surface area contributed by atoms with Crippen LogP contribution in [0.15, 0.2) is 65.4 Å². The highest BCUT2D eigenvalue weighted by atomic mass is 79.9. The Morgan fingerprint density at radius 1 is 1.14 bits per heavy atom. The third-order valence-electron chi connectivity index (χ3n) is 3.11. The van der Waals surface area contributed by atoms with Crippen molar-refractivity contribution in [3.8, 4) is 5.69 Å². The summed E-state index contributed by atoms with van der Waals surface area (Å²) < 4.78 is 15.6. The van der Waals surface area contributed by atoms with Crippen molar-refractivity contribution in [2.75, 3.05) is 5.32 Å². The van der Waals surface area contributed by atoms with E-state index in [-0.39, 0.29) is 5.82 Å². The van der Waals surface area contributed by atoms with Gasteiger partial charge >= 0.3 is 0 Å². The van der Waals surface area contributed by atoms with E-state index in [1.165, 1.54) is 12.1 Å². The van der Waals surface area contributed by atoms with Gasteiger partial charge in [0.1, 0.15) is 5.82 Å². The normalized spacial score (nSPS) is 10.6. The molecule has 0 atom stereocenters. The van der Waals surface area contributed by atoms with Gasteiger partial charge in [-0.25, -0.2) is 9.07 Å². The van der Waals surface area contributed by atoms with Crippen LogP contribution in [0.2, 0.25) is 0 Å². The van der Waals surface area contributed by atoms with Crippen LogP contribution in [0.25, 0.3) is 5.69 Å². The van der Waals surface area contributed by atoms with Crippen molar-refractivity contribution in [1.82, 2.24) is 9.78 Å². The molecule has 3 aromatic rings. The van der Waals surface area contributed by atoms with Gasteiger partial charge in [0.05, 0.1) is 5.69 Å². The molecule has 1 heterocycles. The van der Waals surface area contributed by atoms with Crippen LogP contribution in [-0.4, -0.2) is 9.78 Å². The zero-order chi connectivity index (χ0) is 14.7. The van der Waals surface area contributed by atoms with Crippen molar-refractivity contribution in [3.63, 3.8) is 0 Å². The topological polar surface area (TPSA) is 29.9 Å². The summed E-state index contributed by atoms with van der Waals surface area (Å²) in [6.45, 7) is 0.615. The van der Waals surface area contributed by atoms with Crippen molar-refractivity contribution >= 4 is 21.6 Å². The lowest BCUT2D eigenvalue weighted by Crippen LogP contribution is -2.02. The van der Waals surface area contributed by atoms with Gasteiger partial charge in [-0.15, -0.1) is 0 Å². The number of rotatable bonds is 4. The molecule has 106 valence electrons. The molecule has 0 aliphatic rings. The lowest BCUT2D eigenvalue weighted by Gasteiger charge is -2.10. The van der Waals surface area contributed by atoms with Gasteiger partial charge in [0.25, 0.3) is 0 Å². The van der Waals surface area contributed by atoms with Crippen LogP contribution >= 0.6 is 15.9 Å². The number of nitrogens with zero attached hydrogens (tertiary/aromatic N) is 2. The first-order chi connectivity index (χ1) is 10.2.